The minimum absolute atomic E-state index is 0.113. The normalized spacial score (nSPS) is 11.6. The van der Waals surface area contributed by atoms with E-state index < -0.39 is 0 Å². The molecule has 0 saturated carbocycles. The van der Waals surface area contributed by atoms with Gasteiger partial charge in [-0.3, -0.25) is 4.79 Å². The number of carbonyl (C=O) groups is 1. The van der Waals surface area contributed by atoms with Gasteiger partial charge in [0.2, 0.25) is 0 Å². The summed E-state index contributed by atoms with van der Waals surface area (Å²) in [5, 5.41) is 2.44. The number of benzene rings is 3. The number of ketones is 1. The number of rotatable bonds is 4. The Bertz CT molecular complexity index is 857. The minimum Gasteiger partial charge on any atom is -0.293 e. The van der Waals surface area contributed by atoms with E-state index in [2.05, 4.69) is 63.2 Å². The Morgan fingerprint density at radius 3 is 2.21 bits per heavy atom. The number of fused-ring (bicyclic) bond motifs is 1. The molecule has 0 saturated heterocycles. The van der Waals surface area contributed by atoms with Crippen molar-refractivity contribution < 1.29 is 4.79 Å². The van der Waals surface area contributed by atoms with Gasteiger partial charge in [-0.05, 0) is 33.9 Å². The SMILES string of the molecule is CC(C)(C)c1ccc(C(=O)CSc2ccc3ccccc3c2)cc1. The van der Waals surface area contributed by atoms with Crippen LogP contribution in [0.2, 0.25) is 0 Å². The summed E-state index contributed by atoms with van der Waals surface area (Å²) in [6.07, 6.45) is 0. The van der Waals surface area contributed by atoms with Crippen molar-refractivity contribution >= 4 is 28.3 Å². The zero-order valence-corrected chi connectivity index (χ0v) is 15.2. The molecule has 0 unspecified atom stereocenters. The molecule has 0 aromatic heterocycles. The van der Waals surface area contributed by atoms with Crippen molar-refractivity contribution in [2.45, 2.75) is 31.1 Å². The number of Topliss-reactive ketones (excluding diaryl/α,β-unsaturated/α-hetero) is 1. The molecule has 0 N–H and O–H groups in total. The Kier molecular flexibility index (Phi) is 4.77. The lowest BCUT2D eigenvalue weighted by Gasteiger charge is -2.18. The van der Waals surface area contributed by atoms with Gasteiger partial charge in [0.15, 0.2) is 5.78 Å². The third kappa shape index (κ3) is 3.88. The first-order valence-corrected chi connectivity index (χ1v) is 9.17. The summed E-state index contributed by atoms with van der Waals surface area (Å²) in [5.41, 5.74) is 2.15. The molecular weight excluding hydrogens is 312 g/mol. The Hall–Kier alpha value is -2.06. The molecule has 0 amide bonds. The van der Waals surface area contributed by atoms with Gasteiger partial charge in [-0.25, -0.2) is 0 Å². The van der Waals surface area contributed by atoms with E-state index in [1.165, 1.54) is 16.3 Å². The van der Waals surface area contributed by atoms with E-state index in [9.17, 15) is 4.79 Å². The number of carbonyl (C=O) groups excluding carboxylic acids is 1. The minimum atomic E-state index is 0.113. The van der Waals surface area contributed by atoms with Crippen LogP contribution in [0, 0.1) is 0 Å². The van der Waals surface area contributed by atoms with Crippen LogP contribution in [0.5, 0.6) is 0 Å². The quantitative estimate of drug-likeness (QED) is 0.423. The summed E-state index contributed by atoms with van der Waals surface area (Å²) in [6.45, 7) is 6.54. The van der Waals surface area contributed by atoms with Crippen molar-refractivity contribution in [3.8, 4) is 0 Å². The van der Waals surface area contributed by atoms with Gasteiger partial charge >= 0.3 is 0 Å². The van der Waals surface area contributed by atoms with Crippen molar-refractivity contribution in [2.75, 3.05) is 5.75 Å². The van der Waals surface area contributed by atoms with Crippen molar-refractivity contribution in [2.24, 2.45) is 0 Å². The van der Waals surface area contributed by atoms with Crippen LogP contribution in [0.15, 0.2) is 71.6 Å². The topological polar surface area (TPSA) is 17.1 Å². The number of hydrogen-bond acceptors (Lipinski definition) is 2. The summed E-state index contributed by atoms with van der Waals surface area (Å²) < 4.78 is 0. The van der Waals surface area contributed by atoms with Gasteiger partial charge in [-0.15, -0.1) is 11.8 Å². The Labute approximate surface area is 148 Å². The van der Waals surface area contributed by atoms with Crippen LogP contribution in [0.1, 0.15) is 36.7 Å². The molecule has 0 fully saturated rings. The van der Waals surface area contributed by atoms with Crippen molar-refractivity contribution in [1.82, 2.24) is 0 Å². The molecule has 3 aromatic carbocycles. The highest BCUT2D eigenvalue weighted by molar-refractivity contribution is 8.00. The second-order valence-electron chi connectivity index (χ2n) is 7.05. The first kappa shape index (κ1) is 16.8. The second-order valence-corrected chi connectivity index (χ2v) is 8.10. The van der Waals surface area contributed by atoms with E-state index in [1.54, 1.807) is 11.8 Å². The van der Waals surface area contributed by atoms with Gasteiger partial charge in [0.05, 0.1) is 5.75 Å². The molecule has 0 aliphatic carbocycles. The van der Waals surface area contributed by atoms with Gasteiger partial charge < -0.3 is 0 Å². The molecule has 2 heteroatoms. The smallest absolute Gasteiger partial charge is 0.173 e. The predicted molar refractivity (Wildman–Crippen MR) is 104 cm³/mol. The van der Waals surface area contributed by atoms with Crippen LogP contribution < -0.4 is 0 Å². The van der Waals surface area contributed by atoms with Crippen LogP contribution in [0.25, 0.3) is 10.8 Å². The van der Waals surface area contributed by atoms with Crippen molar-refractivity contribution in [3.63, 3.8) is 0 Å². The zero-order valence-electron chi connectivity index (χ0n) is 14.4. The molecule has 0 atom stereocenters. The molecule has 0 aliphatic heterocycles. The summed E-state index contributed by atoms with van der Waals surface area (Å²) in [7, 11) is 0. The summed E-state index contributed by atoms with van der Waals surface area (Å²) in [4.78, 5) is 13.6. The molecule has 1 nitrogen and oxygen atoms in total. The maximum Gasteiger partial charge on any atom is 0.173 e. The lowest BCUT2D eigenvalue weighted by Crippen LogP contribution is -2.11. The largest absolute Gasteiger partial charge is 0.293 e. The predicted octanol–water partition coefficient (Wildman–Crippen LogP) is 6.11. The van der Waals surface area contributed by atoms with Gasteiger partial charge in [-0.1, -0.05) is 75.4 Å². The standard InChI is InChI=1S/C22H22OS/c1-22(2,3)19-11-8-17(9-12-19)21(23)15-24-20-13-10-16-6-4-5-7-18(16)14-20/h4-14H,15H2,1-3H3. The summed E-state index contributed by atoms with van der Waals surface area (Å²) >= 11 is 1.60. The fourth-order valence-electron chi connectivity index (χ4n) is 2.65. The lowest BCUT2D eigenvalue weighted by atomic mass is 9.86. The van der Waals surface area contributed by atoms with Crippen molar-refractivity contribution in [1.29, 1.82) is 0 Å². The molecule has 0 bridgehead atoms. The van der Waals surface area contributed by atoms with E-state index in [-0.39, 0.29) is 11.2 Å². The maximum atomic E-state index is 12.4. The molecule has 3 rings (SSSR count). The van der Waals surface area contributed by atoms with E-state index >= 15 is 0 Å². The van der Waals surface area contributed by atoms with Crippen molar-refractivity contribution in [3.05, 3.63) is 77.9 Å². The van der Waals surface area contributed by atoms with Crippen LogP contribution in [-0.4, -0.2) is 11.5 Å². The summed E-state index contributed by atoms with van der Waals surface area (Å²) in [6, 6.07) is 22.7. The fraction of sp³-hybridized carbons (Fsp3) is 0.227. The third-order valence-corrected chi connectivity index (χ3v) is 5.16. The van der Waals surface area contributed by atoms with Gasteiger partial charge in [0.1, 0.15) is 0 Å². The van der Waals surface area contributed by atoms with Crippen LogP contribution >= 0.6 is 11.8 Å². The van der Waals surface area contributed by atoms with E-state index in [4.69, 9.17) is 0 Å². The molecule has 0 heterocycles. The summed E-state index contributed by atoms with van der Waals surface area (Å²) in [5.74, 6) is 0.640. The number of hydrogen-bond donors (Lipinski definition) is 0. The Morgan fingerprint density at radius 1 is 0.875 bits per heavy atom. The first-order valence-electron chi connectivity index (χ1n) is 8.19. The highest BCUT2D eigenvalue weighted by Gasteiger charge is 2.14. The van der Waals surface area contributed by atoms with Crippen LogP contribution in [0.4, 0.5) is 0 Å². The molecule has 24 heavy (non-hydrogen) atoms. The third-order valence-electron chi connectivity index (χ3n) is 4.16. The van der Waals surface area contributed by atoms with E-state index in [1.807, 2.05) is 24.3 Å². The molecule has 0 spiro atoms. The monoisotopic (exact) mass is 334 g/mol. The Balaban J connectivity index is 1.68. The average molecular weight is 334 g/mol. The van der Waals surface area contributed by atoms with Gasteiger partial charge in [0, 0.05) is 10.5 Å². The molecule has 3 aromatic rings. The highest BCUT2D eigenvalue weighted by Crippen LogP contribution is 2.25. The molecule has 0 radical (unpaired) electrons. The zero-order chi connectivity index (χ0) is 17.2. The Morgan fingerprint density at radius 2 is 1.54 bits per heavy atom. The maximum absolute atomic E-state index is 12.4. The highest BCUT2D eigenvalue weighted by atomic mass is 32.2. The molecule has 122 valence electrons. The van der Waals surface area contributed by atoms with Crippen LogP contribution in [-0.2, 0) is 5.41 Å². The average Bonchev–Trinajstić information content (AvgIpc) is 2.59. The first-order chi connectivity index (χ1) is 11.4. The number of thioether (sulfide) groups is 1. The van der Waals surface area contributed by atoms with Crippen LogP contribution in [0.3, 0.4) is 0 Å². The second kappa shape index (κ2) is 6.82. The van der Waals surface area contributed by atoms with E-state index in [0.717, 1.165) is 10.5 Å². The lowest BCUT2D eigenvalue weighted by molar-refractivity contribution is 0.102. The fourth-order valence-corrected chi connectivity index (χ4v) is 3.48. The molecular formula is C22H22OS. The molecule has 0 aliphatic rings. The van der Waals surface area contributed by atoms with E-state index in [0.29, 0.717) is 5.75 Å². The van der Waals surface area contributed by atoms with Gasteiger partial charge in [-0.2, -0.15) is 0 Å². The van der Waals surface area contributed by atoms with Gasteiger partial charge in [0.25, 0.3) is 0 Å².